The first-order valence-corrected chi connectivity index (χ1v) is 9.87. The minimum atomic E-state index is -0.152. The van der Waals surface area contributed by atoms with Crippen LogP contribution in [0.5, 0.6) is 0 Å². The molecule has 1 amide bonds. The number of nitrogens with one attached hydrogen (secondary N) is 2. The van der Waals surface area contributed by atoms with Gasteiger partial charge in [-0.3, -0.25) is 4.79 Å². The molecule has 0 radical (unpaired) electrons. The van der Waals surface area contributed by atoms with E-state index in [2.05, 4.69) is 15.6 Å². The lowest BCUT2D eigenvalue weighted by Gasteiger charge is -2.23. The molecule has 27 heavy (non-hydrogen) atoms. The number of carbonyl (C=O) groups is 1. The van der Waals surface area contributed by atoms with Crippen LogP contribution in [0.15, 0.2) is 30.5 Å². The first-order valence-electron chi connectivity index (χ1n) is 9.87. The Balaban J connectivity index is 1.91. The van der Waals surface area contributed by atoms with Gasteiger partial charge in [-0.05, 0) is 38.3 Å². The van der Waals surface area contributed by atoms with E-state index in [-0.39, 0.29) is 11.9 Å². The Hall–Kier alpha value is -2.63. The molecule has 0 saturated heterocycles. The molecule has 1 atom stereocenters. The zero-order valence-electron chi connectivity index (χ0n) is 16.2. The van der Waals surface area contributed by atoms with Crippen molar-refractivity contribution < 1.29 is 4.79 Å². The highest BCUT2D eigenvalue weighted by Crippen LogP contribution is 2.25. The molecule has 2 aromatic rings. The second kappa shape index (κ2) is 8.84. The first-order chi connectivity index (χ1) is 13.1. The van der Waals surface area contributed by atoms with Crippen LogP contribution in [0.3, 0.4) is 0 Å². The Morgan fingerprint density at radius 2 is 1.93 bits per heavy atom. The third-order valence-corrected chi connectivity index (χ3v) is 5.15. The number of carbonyl (C=O) groups excluding carboxylic acids is 1. The van der Waals surface area contributed by atoms with Crippen LogP contribution < -0.4 is 16.4 Å². The fraction of sp³-hybridized carbons (Fsp3) is 0.476. The molecule has 4 N–H and O–H groups in total. The summed E-state index contributed by atoms with van der Waals surface area (Å²) in [6.45, 7) is 4.03. The van der Waals surface area contributed by atoms with Gasteiger partial charge < -0.3 is 16.4 Å². The molecule has 1 aliphatic carbocycles. The minimum absolute atomic E-state index is 0.0943. The van der Waals surface area contributed by atoms with Crippen molar-refractivity contribution in [3.05, 3.63) is 36.0 Å². The van der Waals surface area contributed by atoms with Crippen LogP contribution in [0, 0.1) is 0 Å². The Bertz CT molecular complexity index is 769. The molecule has 3 rings (SSSR count). The molecule has 0 aliphatic heterocycles. The quantitative estimate of drug-likeness (QED) is 0.671. The van der Waals surface area contributed by atoms with Gasteiger partial charge in [0, 0.05) is 29.5 Å². The van der Waals surface area contributed by atoms with Gasteiger partial charge >= 0.3 is 0 Å². The van der Waals surface area contributed by atoms with E-state index in [0.717, 1.165) is 24.8 Å². The summed E-state index contributed by atoms with van der Waals surface area (Å²) in [6.07, 6.45) is 8.53. The van der Waals surface area contributed by atoms with Crippen molar-refractivity contribution in [2.45, 2.75) is 64.5 Å². The predicted molar refractivity (Wildman–Crippen MR) is 110 cm³/mol. The van der Waals surface area contributed by atoms with Gasteiger partial charge in [0.2, 0.25) is 5.95 Å². The van der Waals surface area contributed by atoms with E-state index >= 15 is 0 Å². The van der Waals surface area contributed by atoms with Gasteiger partial charge in [-0.15, -0.1) is 0 Å². The normalized spacial score (nSPS) is 15.9. The molecule has 1 aromatic carbocycles. The summed E-state index contributed by atoms with van der Waals surface area (Å²) in [5.41, 5.74) is 8.46. The summed E-state index contributed by atoms with van der Waals surface area (Å²) in [5.74, 6) is 0.425. The first kappa shape index (κ1) is 19.1. The summed E-state index contributed by atoms with van der Waals surface area (Å²) in [5, 5.41) is 6.45. The number of hydrogen-bond donors (Lipinski definition) is 3. The maximum Gasteiger partial charge on any atom is 0.255 e. The largest absolute Gasteiger partial charge is 0.399 e. The summed E-state index contributed by atoms with van der Waals surface area (Å²) in [4.78, 5) is 21.9. The summed E-state index contributed by atoms with van der Waals surface area (Å²) in [7, 11) is 0. The number of aromatic nitrogens is 2. The highest BCUT2D eigenvalue weighted by atomic mass is 16.1. The van der Waals surface area contributed by atoms with Gasteiger partial charge in [0.1, 0.15) is 0 Å². The van der Waals surface area contributed by atoms with Crippen LogP contribution in [0.1, 0.15) is 62.7 Å². The van der Waals surface area contributed by atoms with Gasteiger partial charge in [0.15, 0.2) is 0 Å². The van der Waals surface area contributed by atoms with E-state index in [1.807, 2.05) is 38.1 Å². The van der Waals surface area contributed by atoms with Crippen LogP contribution in [0.4, 0.5) is 11.6 Å². The van der Waals surface area contributed by atoms with E-state index in [0.29, 0.717) is 28.9 Å². The smallest absolute Gasteiger partial charge is 0.255 e. The fourth-order valence-electron chi connectivity index (χ4n) is 3.31. The topological polar surface area (TPSA) is 92.9 Å². The number of nitrogen functional groups attached to an aromatic ring is 1. The highest BCUT2D eigenvalue weighted by molar-refractivity contribution is 6.00. The molecule has 0 spiro atoms. The van der Waals surface area contributed by atoms with Gasteiger partial charge in [-0.25, -0.2) is 9.97 Å². The molecule has 144 valence electrons. The molecule has 1 heterocycles. The second-order valence-corrected chi connectivity index (χ2v) is 7.34. The molecule has 0 bridgehead atoms. The van der Waals surface area contributed by atoms with Crippen molar-refractivity contribution in [2.24, 2.45) is 0 Å². The van der Waals surface area contributed by atoms with Crippen molar-refractivity contribution in [1.29, 1.82) is 0 Å². The number of nitrogens with zero attached hydrogens (tertiary/aromatic N) is 2. The van der Waals surface area contributed by atoms with Crippen LogP contribution in [-0.2, 0) is 0 Å². The Labute approximate surface area is 161 Å². The molecule has 1 aliphatic rings. The molecule has 1 unspecified atom stereocenters. The minimum Gasteiger partial charge on any atom is -0.399 e. The second-order valence-electron chi connectivity index (χ2n) is 7.34. The number of nitrogens with two attached hydrogens (primary N) is 1. The van der Waals surface area contributed by atoms with Gasteiger partial charge in [-0.1, -0.05) is 38.3 Å². The molecular formula is C21H29N5O. The average Bonchev–Trinajstić information content (AvgIpc) is 2.69. The Morgan fingerprint density at radius 3 is 2.59 bits per heavy atom. The summed E-state index contributed by atoms with van der Waals surface area (Å²) < 4.78 is 0. The van der Waals surface area contributed by atoms with Crippen LogP contribution in [0.25, 0.3) is 11.3 Å². The number of rotatable bonds is 6. The summed E-state index contributed by atoms with van der Waals surface area (Å²) >= 11 is 0. The van der Waals surface area contributed by atoms with Crippen molar-refractivity contribution >= 4 is 17.5 Å². The number of anilines is 2. The zero-order valence-corrected chi connectivity index (χ0v) is 16.2. The van der Waals surface area contributed by atoms with Crippen molar-refractivity contribution in [2.75, 3.05) is 11.1 Å². The lowest BCUT2D eigenvalue weighted by molar-refractivity contribution is 0.0939. The maximum atomic E-state index is 12.7. The van der Waals surface area contributed by atoms with E-state index in [1.165, 1.54) is 19.3 Å². The average molecular weight is 367 g/mol. The Morgan fingerprint density at radius 1 is 1.22 bits per heavy atom. The van der Waals surface area contributed by atoms with E-state index < -0.39 is 0 Å². The maximum absolute atomic E-state index is 12.7. The Kier molecular flexibility index (Phi) is 6.27. The van der Waals surface area contributed by atoms with E-state index in [9.17, 15) is 4.79 Å². The van der Waals surface area contributed by atoms with Crippen LogP contribution >= 0.6 is 0 Å². The molecule has 6 nitrogen and oxygen atoms in total. The molecule has 6 heteroatoms. The van der Waals surface area contributed by atoms with Gasteiger partial charge in [-0.2, -0.15) is 0 Å². The van der Waals surface area contributed by atoms with E-state index in [1.54, 1.807) is 6.20 Å². The highest BCUT2D eigenvalue weighted by Gasteiger charge is 2.19. The van der Waals surface area contributed by atoms with Crippen LogP contribution in [-0.4, -0.2) is 28.0 Å². The predicted octanol–water partition coefficient (Wildman–Crippen LogP) is 4.00. The third-order valence-electron chi connectivity index (χ3n) is 5.15. The van der Waals surface area contributed by atoms with Crippen molar-refractivity contribution in [3.8, 4) is 11.3 Å². The van der Waals surface area contributed by atoms with Crippen LogP contribution in [0.2, 0.25) is 0 Å². The van der Waals surface area contributed by atoms with Gasteiger partial charge in [0.25, 0.3) is 5.91 Å². The molecular weight excluding hydrogens is 338 g/mol. The third kappa shape index (κ3) is 4.96. The number of hydrogen-bond acceptors (Lipinski definition) is 5. The molecule has 1 fully saturated rings. The van der Waals surface area contributed by atoms with Crippen molar-refractivity contribution in [1.82, 2.24) is 15.3 Å². The van der Waals surface area contributed by atoms with Gasteiger partial charge in [0.05, 0.1) is 11.3 Å². The number of benzene rings is 1. The standard InChI is InChI=1S/C21H29N5O/c1-3-14(2)24-20(27)18-13-23-21(25-17-7-5-4-6-8-17)26-19(18)15-9-11-16(22)12-10-15/h9-14,17H,3-8,22H2,1-2H3,(H,24,27)(H,23,25,26). The molecule has 1 saturated carbocycles. The SMILES string of the molecule is CCC(C)NC(=O)c1cnc(NC2CCCCC2)nc1-c1ccc(N)cc1. The van der Waals surface area contributed by atoms with Crippen molar-refractivity contribution in [3.63, 3.8) is 0 Å². The monoisotopic (exact) mass is 367 g/mol. The van der Waals surface area contributed by atoms with E-state index in [4.69, 9.17) is 10.7 Å². The fourth-order valence-corrected chi connectivity index (χ4v) is 3.31. The summed E-state index contributed by atoms with van der Waals surface area (Å²) in [6, 6.07) is 7.92. The lowest BCUT2D eigenvalue weighted by Crippen LogP contribution is -2.32. The lowest BCUT2D eigenvalue weighted by atomic mass is 9.96. The number of amides is 1. The molecule has 1 aromatic heterocycles. The zero-order chi connectivity index (χ0) is 19.2.